The molecule has 3 rings (SSSR count). The first-order chi connectivity index (χ1) is 9.74. The Morgan fingerprint density at radius 1 is 1.25 bits per heavy atom. The highest BCUT2D eigenvalue weighted by Crippen LogP contribution is 2.21. The van der Waals surface area contributed by atoms with Crippen LogP contribution in [-0.4, -0.2) is 53.6 Å². The lowest BCUT2D eigenvalue weighted by atomic mass is 10.1. The molecule has 0 aliphatic carbocycles. The summed E-state index contributed by atoms with van der Waals surface area (Å²) in [6.45, 7) is 4.61. The van der Waals surface area contributed by atoms with E-state index in [1.54, 1.807) is 0 Å². The predicted octanol–water partition coefficient (Wildman–Crippen LogP) is 2.14. The molecule has 1 N–H and O–H groups in total. The lowest BCUT2D eigenvalue weighted by Gasteiger charge is -2.41. The van der Waals surface area contributed by atoms with Crippen LogP contribution in [0, 0.1) is 0 Å². The van der Waals surface area contributed by atoms with Crippen LogP contribution in [0.4, 0.5) is 0 Å². The zero-order valence-electron chi connectivity index (χ0n) is 11.5. The van der Waals surface area contributed by atoms with E-state index < -0.39 is 6.10 Å². The normalized spacial score (nSPS) is 20.4. The summed E-state index contributed by atoms with van der Waals surface area (Å²) in [5.74, 6) is 1.06. The summed E-state index contributed by atoms with van der Waals surface area (Å²) in [5, 5.41) is 11.1. The topological polar surface area (TPSA) is 39.1 Å². The van der Waals surface area contributed by atoms with Crippen LogP contribution in [0.1, 0.15) is 24.5 Å². The Morgan fingerprint density at radius 2 is 2.10 bits per heavy atom. The van der Waals surface area contributed by atoms with Gasteiger partial charge < -0.3 is 14.9 Å². The Kier molecular flexibility index (Phi) is 4.13. The second-order valence-electron chi connectivity index (χ2n) is 5.39. The quantitative estimate of drug-likeness (QED) is 0.928. The van der Waals surface area contributed by atoms with Crippen molar-refractivity contribution in [1.29, 1.82) is 0 Å². The lowest BCUT2D eigenvalue weighted by molar-refractivity contribution is 0.124. The Hall–Kier alpha value is -1.26. The van der Waals surface area contributed by atoms with E-state index >= 15 is 0 Å². The van der Waals surface area contributed by atoms with E-state index in [1.807, 2.05) is 24.3 Å². The lowest BCUT2D eigenvalue weighted by Crippen LogP contribution is -2.53. The number of benzene rings is 1. The van der Waals surface area contributed by atoms with Crippen molar-refractivity contribution in [3.05, 3.63) is 34.9 Å². The summed E-state index contributed by atoms with van der Waals surface area (Å²) in [4.78, 5) is 9.16. The van der Waals surface area contributed by atoms with Crippen molar-refractivity contribution < 1.29 is 5.11 Å². The van der Waals surface area contributed by atoms with E-state index in [0.29, 0.717) is 11.6 Å². The van der Waals surface area contributed by atoms with Gasteiger partial charge in [-0.05, 0) is 30.5 Å². The number of aliphatic hydroxyl groups excluding tert-OH is 1. The molecule has 20 heavy (non-hydrogen) atoms. The van der Waals surface area contributed by atoms with Crippen LogP contribution in [0.15, 0.2) is 29.3 Å². The summed E-state index contributed by atoms with van der Waals surface area (Å²) < 4.78 is 0. The first-order valence-corrected chi connectivity index (χ1v) is 7.60. The Balaban J connectivity index is 1.71. The van der Waals surface area contributed by atoms with Gasteiger partial charge in [-0.25, -0.2) is 0 Å². The molecule has 0 radical (unpaired) electrons. The van der Waals surface area contributed by atoms with Gasteiger partial charge in [-0.1, -0.05) is 23.7 Å². The third-order valence-electron chi connectivity index (χ3n) is 3.89. The monoisotopic (exact) mass is 293 g/mol. The van der Waals surface area contributed by atoms with Gasteiger partial charge in [0.15, 0.2) is 5.96 Å². The molecule has 0 spiro atoms. The van der Waals surface area contributed by atoms with Crippen LogP contribution in [-0.2, 0) is 0 Å². The van der Waals surface area contributed by atoms with Crippen molar-refractivity contribution in [3.63, 3.8) is 0 Å². The summed E-state index contributed by atoms with van der Waals surface area (Å²) in [6.07, 6.45) is 1.73. The first-order valence-electron chi connectivity index (χ1n) is 7.22. The number of hydrogen-bond donors (Lipinski definition) is 1. The van der Waals surface area contributed by atoms with Gasteiger partial charge in [0, 0.05) is 31.2 Å². The van der Waals surface area contributed by atoms with E-state index in [0.717, 1.165) is 50.5 Å². The number of aliphatic imine (C=N–C) groups is 1. The molecule has 0 amide bonds. The van der Waals surface area contributed by atoms with Crippen molar-refractivity contribution in [2.45, 2.75) is 18.9 Å². The largest absolute Gasteiger partial charge is 0.387 e. The highest BCUT2D eigenvalue weighted by molar-refractivity contribution is 6.30. The fourth-order valence-electron chi connectivity index (χ4n) is 2.91. The molecule has 1 aromatic rings. The summed E-state index contributed by atoms with van der Waals surface area (Å²) in [5.41, 5.74) is 0.867. The van der Waals surface area contributed by atoms with E-state index in [4.69, 9.17) is 11.6 Å². The van der Waals surface area contributed by atoms with Gasteiger partial charge in [-0.2, -0.15) is 0 Å². The second kappa shape index (κ2) is 6.02. The predicted molar refractivity (Wildman–Crippen MR) is 81.1 cm³/mol. The van der Waals surface area contributed by atoms with Gasteiger partial charge in [0.2, 0.25) is 0 Å². The molecule has 4 nitrogen and oxygen atoms in total. The minimum atomic E-state index is -0.529. The highest BCUT2D eigenvalue weighted by Gasteiger charge is 2.27. The van der Waals surface area contributed by atoms with Crippen LogP contribution in [0.2, 0.25) is 5.02 Å². The SMILES string of the molecule is O[C@@H](CN1CCCN2CCCN=C21)c1cccc(Cl)c1. The number of aliphatic hydroxyl groups is 1. The smallest absolute Gasteiger partial charge is 0.196 e. The van der Waals surface area contributed by atoms with Crippen molar-refractivity contribution in [3.8, 4) is 0 Å². The molecule has 1 atom stereocenters. The fourth-order valence-corrected chi connectivity index (χ4v) is 3.10. The molecule has 0 unspecified atom stereocenters. The molecular formula is C15H20ClN3O. The average molecular weight is 294 g/mol. The van der Waals surface area contributed by atoms with Gasteiger partial charge in [-0.3, -0.25) is 4.99 Å². The molecule has 0 bridgehead atoms. The van der Waals surface area contributed by atoms with Crippen LogP contribution in [0.25, 0.3) is 0 Å². The van der Waals surface area contributed by atoms with E-state index in [9.17, 15) is 5.11 Å². The third-order valence-corrected chi connectivity index (χ3v) is 4.12. The second-order valence-corrected chi connectivity index (χ2v) is 5.83. The molecule has 1 fully saturated rings. The molecule has 5 heteroatoms. The Morgan fingerprint density at radius 3 is 2.95 bits per heavy atom. The zero-order chi connectivity index (χ0) is 13.9. The zero-order valence-corrected chi connectivity index (χ0v) is 12.3. The average Bonchev–Trinajstić information content (AvgIpc) is 2.47. The molecule has 2 aliphatic rings. The minimum Gasteiger partial charge on any atom is -0.387 e. The Bertz CT molecular complexity index is 506. The van der Waals surface area contributed by atoms with Gasteiger partial charge in [-0.15, -0.1) is 0 Å². The summed E-state index contributed by atoms with van der Waals surface area (Å²) in [6, 6.07) is 7.45. The Labute approximate surface area is 124 Å². The van der Waals surface area contributed by atoms with Gasteiger partial charge in [0.05, 0.1) is 12.6 Å². The van der Waals surface area contributed by atoms with E-state index in [-0.39, 0.29) is 0 Å². The molecule has 0 aromatic heterocycles. The van der Waals surface area contributed by atoms with Gasteiger partial charge in [0.25, 0.3) is 0 Å². The van der Waals surface area contributed by atoms with Gasteiger partial charge >= 0.3 is 0 Å². The minimum absolute atomic E-state index is 0.529. The number of rotatable bonds is 3. The number of β-amino-alcohol motifs (C(OH)–C–C–N with tert-alkyl or cyclic N) is 1. The third kappa shape index (κ3) is 2.91. The summed E-state index contributed by atoms with van der Waals surface area (Å²) >= 11 is 5.99. The van der Waals surface area contributed by atoms with Crippen molar-refractivity contribution >= 4 is 17.6 Å². The highest BCUT2D eigenvalue weighted by atomic mass is 35.5. The number of hydrogen-bond acceptors (Lipinski definition) is 4. The van der Waals surface area contributed by atoms with Crippen LogP contribution < -0.4 is 0 Å². The molecule has 1 saturated heterocycles. The molecule has 108 valence electrons. The molecule has 0 saturated carbocycles. The summed E-state index contributed by atoms with van der Waals surface area (Å²) in [7, 11) is 0. The van der Waals surface area contributed by atoms with Crippen molar-refractivity contribution in [2.24, 2.45) is 4.99 Å². The molecular weight excluding hydrogens is 274 g/mol. The first kappa shape index (κ1) is 13.7. The molecule has 2 heterocycles. The standard InChI is InChI=1S/C15H20ClN3O/c16-13-5-1-4-12(10-13)14(20)11-19-9-3-8-18-7-2-6-17-15(18)19/h1,4-5,10,14,20H,2-3,6-9,11H2/t14-/m0/s1. The molecule has 1 aromatic carbocycles. The van der Waals surface area contributed by atoms with Crippen molar-refractivity contribution in [2.75, 3.05) is 32.7 Å². The number of halogens is 1. The maximum Gasteiger partial charge on any atom is 0.196 e. The van der Waals surface area contributed by atoms with Crippen molar-refractivity contribution in [1.82, 2.24) is 9.80 Å². The number of nitrogens with zero attached hydrogens (tertiary/aromatic N) is 3. The van der Waals surface area contributed by atoms with Gasteiger partial charge in [0.1, 0.15) is 0 Å². The van der Waals surface area contributed by atoms with E-state index in [1.165, 1.54) is 0 Å². The van der Waals surface area contributed by atoms with E-state index in [2.05, 4.69) is 14.8 Å². The van der Waals surface area contributed by atoms with Crippen LogP contribution in [0.3, 0.4) is 0 Å². The maximum atomic E-state index is 10.4. The number of guanidine groups is 1. The maximum absolute atomic E-state index is 10.4. The fraction of sp³-hybridized carbons (Fsp3) is 0.533. The number of fused-ring (bicyclic) bond motifs is 1. The van der Waals surface area contributed by atoms with Crippen LogP contribution >= 0.6 is 11.6 Å². The van der Waals surface area contributed by atoms with Crippen LogP contribution in [0.5, 0.6) is 0 Å². The molecule has 2 aliphatic heterocycles.